The van der Waals surface area contributed by atoms with Crippen molar-refractivity contribution in [3.63, 3.8) is 0 Å². The Labute approximate surface area is 117 Å². The minimum atomic E-state index is -0.294. The zero-order valence-electron chi connectivity index (χ0n) is 11.4. The lowest BCUT2D eigenvalue weighted by Gasteiger charge is -2.05. The van der Waals surface area contributed by atoms with E-state index in [0.717, 1.165) is 12.2 Å². The maximum Gasteiger partial charge on any atom is 0.291 e. The topological polar surface area (TPSA) is 71.3 Å². The number of nitrogens with one attached hydrogen (secondary N) is 2. The third-order valence-electron chi connectivity index (χ3n) is 2.70. The molecule has 2 rings (SSSR count). The normalized spacial score (nSPS) is 10.1. The molecule has 0 spiro atoms. The fourth-order valence-corrected chi connectivity index (χ4v) is 1.72. The Bertz CT molecular complexity index is 614. The Morgan fingerprint density at radius 3 is 2.10 bits per heavy atom. The maximum absolute atomic E-state index is 11.9. The van der Waals surface area contributed by atoms with Gasteiger partial charge >= 0.3 is 0 Å². The van der Waals surface area contributed by atoms with Gasteiger partial charge in [-0.25, -0.2) is 0 Å². The standard InChI is InChI=1S/C15H16N2O3/c1-3-13-8-9-14(20-13)15(19)17-12-6-4-11(5-7-12)16-10(2)18/h4-9H,3H2,1-2H3,(H,16,18)(H,17,19). The van der Waals surface area contributed by atoms with Crippen LogP contribution in [0.15, 0.2) is 40.8 Å². The highest BCUT2D eigenvalue weighted by Crippen LogP contribution is 2.15. The van der Waals surface area contributed by atoms with Crippen molar-refractivity contribution in [2.75, 3.05) is 10.6 Å². The van der Waals surface area contributed by atoms with Gasteiger partial charge in [0.25, 0.3) is 5.91 Å². The van der Waals surface area contributed by atoms with Crippen molar-refractivity contribution in [1.82, 2.24) is 0 Å². The summed E-state index contributed by atoms with van der Waals surface area (Å²) in [6, 6.07) is 10.3. The van der Waals surface area contributed by atoms with Gasteiger partial charge in [-0.1, -0.05) is 6.92 Å². The Morgan fingerprint density at radius 2 is 1.60 bits per heavy atom. The summed E-state index contributed by atoms with van der Waals surface area (Å²) in [5, 5.41) is 5.39. The fourth-order valence-electron chi connectivity index (χ4n) is 1.72. The highest BCUT2D eigenvalue weighted by atomic mass is 16.3. The molecule has 1 aromatic carbocycles. The second-order valence-electron chi connectivity index (χ2n) is 4.33. The molecule has 2 aromatic rings. The second kappa shape index (κ2) is 6.06. The molecule has 0 radical (unpaired) electrons. The van der Waals surface area contributed by atoms with Crippen LogP contribution < -0.4 is 10.6 Å². The summed E-state index contributed by atoms with van der Waals surface area (Å²) in [7, 11) is 0. The first-order valence-electron chi connectivity index (χ1n) is 6.36. The number of carbonyl (C=O) groups excluding carboxylic acids is 2. The van der Waals surface area contributed by atoms with E-state index in [9.17, 15) is 9.59 Å². The number of anilines is 2. The van der Waals surface area contributed by atoms with Crippen molar-refractivity contribution < 1.29 is 14.0 Å². The predicted molar refractivity (Wildman–Crippen MR) is 76.8 cm³/mol. The van der Waals surface area contributed by atoms with E-state index in [0.29, 0.717) is 11.4 Å². The van der Waals surface area contributed by atoms with Gasteiger partial charge in [-0.3, -0.25) is 9.59 Å². The molecule has 0 saturated heterocycles. The van der Waals surface area contributed by atoms with Gasteiger partial charge in [-0.15, -0.1) is 0 Å². The van der Waals surface area contributed by atoms with Gasteiger partial charge in [0.05, 0.1) is 0 Å². The number of amides is 2. The maximum atomic E-state index is 11.9. The van der Waals surface area contributed by atoms with Crippen molar-refractivity contribution in [3.8, 4) is 0 Å². The Hall–Kier alpha value is -2.56. The average Bonchev–Trinajstić information content (AvgIpc) is 2.89. The summed E-state index contributed by atoms with van der Waals surface area (Å²) in [6.07, 6.45) is 0.749. The van der Waals surface area contributed by atoms with Crippen LogP contribution >= 0.6 is 0 Å². The summed E-state index contributed by atoms with van der Waals surface area (Å²) in [4.78, 5) is 22.8. The molecular formula is C15H16N2O3. The molecule has 0 atom stereocenters. The van der Waals surface area contributed by atoms with E-state index in [1.807, 2.05) is 6.92 Å². The zero-order chi connectivity index (χ0) is 14.5. The van der Waals surface area contributed by atoms with Crippen LogP contribution in [0.25, 0.3) is 0 Å². The average molecular weight is 272 g/mol. The van der Waals surface area contributed by atoms with Gasteiger partial charge in [0.15, 0.2) is 5.76 Å². The van der Waals surface area contributed by atoms with Crippen LogP contribution in [0.2, 0.25) is 0 Å². The fraction of sp³-hybridized carbons (Fsp3) is 0.200. The van der Waals surface area contributed by atoms with E-state index >= 15 is 0 Å². The highest BCUT2D eigenvalue weighted by molar-refractivity contribution is 6.02. The van der Waals surface area contributed by atoms with Gasteiger partial charge in [-0.05, 0) is 36.4 Å². The lowest BCUT2D eigenvalue weighted by Crippen LogP contribution is -2.11. The molecule has 2 amide bonds. The molecule has 0 aliphatic rings. The molecule has 0 unspecified atom stereocenters. The van der Waals surface area contributed by atoms with E-state index in [2.05, 4.69) is 10.6 Å². The van der Waals surface area contributed by atoms with Gasteiger partial charge in [-0.2, -0.15) is 0 Å². The minimum absolute atomic E-state index is 0.135. The van der Waals surface area contributed by atoms with E-state index < -0.39 is 0 Å². The first kappa shape index (κ1) is 13.9. The molecule has 0 saturated carbocycles. The molecule has 2 N–H and O–H groups in total. The summed E-state index contributed by atoms with van der Waals surface area (Å²) < 4.78 is 5.37. The Kier molecular flexibility index (Phi) is 4.20. The Balaban J connectivity index is 2.02. The third-order valence-corrected chi connectivity index (χ3v) is 2.70. The van der Waals surface area contributed by atoms with Gasteiger partial charge < -0.3 is 15.1 Å². The summed E-state index contributed by atoms with van der Waals surface area (Å²) >= 11 is 0. The number of hydrogen-bond donors (Lipinski definition) is 2. The number of aryl methyl sites for hydroxylation is 1. The monoisotopic (exact) mass is 272 g/mol. The SMILES string of the molecule is CCc1ccc(C(=O)Nc2ccc(NC(C)=O)cc2)o1. The van der Waals surface area contributed by atoms with Crippen LogP contribution in [0.1, 0.15) is 30.2 Å². The van der Waals surface area contributed by atoms with E-state index in [1.54, 1.807) is 36.4 Å². The van der Waals surface area contributed by atoms with E-state index in [4.69, 9.17) is 4.42 Å². The van der Waals surface area contributed by atoms with E-state index in [1.165, 1.54) is 6.92 Å². The number of rotatable bonds is 4. The van der Waals surface area contributed by atoms with Crippen LogP contribution in [0.4, 0.5) is 11.4 Å². The number of furan rings is 1. The van der Waals surface area contributed by atoms with Gasteiger partial charge in [0.2, 0.25) is 5.91 Å². The quantitative estimate of drug-likeness (QED) is 0.898. The first-order valence-corrected chi connectivity index (χ1v) is 6.36. The molecule has 0 aliphatic carbocycles. The first-order chi connectivity index (χ1) is 9.58. The smallest absolute Gasteiger partial charge is 0.291 e. The molecule has 104 valence electrons. The largest absolute Gasteiger partial charge is 0.456 e. The van der Waals surface area contributed by atoms with Crippen molar-refractivity contribution in [3.05, 3.63) is 47.9 Å². The lowest BCUT2D eigenvalue weighted by atomic mass is 10.2. The molecule has 5 heteroatoms. The highest BCUT2D eigenvalue weighted by Gasteiger charge is 2.10. The van der Waals surface area contributed by atoms with Crippen LogP contribution in [-0.2, 0) is 11.2 Å². The summed E-state index contributed by atoms with van der Waals surface area (Å²) in [5.74, 6) is 0.630. The second-order valence-corrected chi connectivity index (χ2v) is 4.33. The molecule has 20 heavy (non-hydrogen) atoms. The van der Waals surface area contributed by atoms with E-state index in [-0.39, 0.29) is 17.6 Å². The predicted octanol–water partition coefficient (Wildman–Crippen LogP) is 3.05. The lowest BCUT2D eigenvalue weighted by molar-refractivity contribution is -0.114. The molecular weight excluding hydrogens is 256 g/mol. The molecule has 1 heterocycles. The summed E-state index contributed by atoms with van der Waals surface area (Å²) in [5.41, 5.74) is 1.32. The third kappa shape index (κ3) is 3.47. The molecule has 0 bridgehead atoms. The number of benzene rings is 1. The van der Waals surface area contributed by atoms with Crippen LogP contribution in [0.5, 0.6) is 0 Å². The molecule has 0 fully saturated rings. The van der Waals surface area contributed by atoms with Crippen LogP contribution in [-0.4, -0.2) is 11.8 Å². The van der Waals surface area contributed by atoms with Crippen LogP contribution in [0.3, 0.4) is 0 Å². The van der Waals surface area contributed by atoms with Crippen molar-refractivity contribution in [2.24, 2.45) is 0 Å². The van der Waals surface area contributed by atoms with Crippen molar-refractivity contribution >= 4 is 23.2 Å². The van der Waals surface area contributed by atoms with Crippen molar-refractivity contribution in [2.45, 2.75) is 20.3 Å². The molecule has 0 aliphatic heterocycles. The van der Waals surface area contributed by atoms with Crippen LogP contribution in [0, 0.1) is 0 Å². The van der Waals surface area contributed by atoms with Gasteiger partial charge in [0, 0.05) is 24.7 Å². The Morgan fingerprint density at radius 1 is 1.00 bits per heavy atom. The number of hydrogen-bond acceptors (Lipinski definition) is 3. The number of carbonyl (C=O) groups is 2. The zero-order valence-corrected chi connectivity index (χ0v) is 11.4. The summed E-state index contributed by atoms with van der Waals surface area (Å²) in [6.45, 7) is 3.40. The van der Waals surface area contributed by atoms with Crippen molar-refractivity contribution in [1.29, 1.82) is 0 Å². The molecule has 1 aromatic heterocycles. The van der Waals surface area contributed by atoms with Gasteiger partial charge in [0.1, 0.15) is 5.76 Å². The minimum Gasteiger partial charge on any atom is -0.456 e. The molecule has 5 nitrogen and oxygen atoms in total.